The number of hydrogen-bond acceptors (Lipinski definition) is 7. The Morgan fingerprint density at radius 1 is 1.15 bits per heavy atom. The van der Waals surface area contributed by atoms with Crippen LogP contribution < -0.4 is 5.32 Å². The molecule has 2 aromatic carbocycles. The van der Waals surface area contributed by atoms with E-state index < -0.39 is 45.5 Å². The lowest BCUT2D eigenvalue weighted by atomic mass is 10.1. The lowest BCUT2D eigenvalue weighted by Crippen LogP contribution is -2.21. The number of para-hydroxylation sites is 1. The van der Waals surface area contributed by atoms with Crippen LogP contribution in [0.4, 0.5) is 21.5 Å². The maximum atomic E-state index is 13.3. The van der Waals surface area contributed by atoms with Gasteiger partial charge in [0.05, 0.1) is 9.85 Å². The number of nitrogens with zero attached hydrogens (tertiary/aromatic N) is 2. The standard InChI is InChI=1S/C16H12FN3O7/c1-9-3-2-4-11(15(9)20(25)26)16(22)27-8-14(21)18-10-5-6-12(17)13(7-10)19(23)24/h2-7H,8H2,1H3,(H,18,21). The number of ether oxygens (including phenoxy) is 1. The van der Waals surface area contributed by atoms with Gasteiger partial charge in [0, 0.05) is 17.3 Å². The first-order valence-corrected chi connectivity index (χ1v) is 7.35. The number of nitro groups is 2. The molecule has 140 valence electrons. The van der Waals surface area contributed by atoms with Crippen molar-refractivity contribution in [2.24, 2.45) is 0 Å². The summed E-state index contributed by atoms with van der Waals surface area (Å²) in [6.45, 7) is 0.651. The van der Waals surface area contributed by atoms with Crippen LogP contribution in [-0.4, -0.2) is 28.3 Å². The average Bonchev–Trinajstić information content (AvgIpc) is 2.60. The number of nitro benzene ring substituents is 2. The molecule has 0 saturated carbocycles. The predicted octanol–water partition coefficient (Wildman–Crippen LogP) is 2.75. The van der Waals surface area contributed by atoms with E-state index in [1.807, 2.05) is 0 Å². The molecule has 27 heavy (non-hydrogen) atoms. The van der Waals surface area contributed by atoms with Crippen LogP contribution in [0, 0.1) is 33.0 Å². The second-order valence-corrected chi connectivity index (χ2v) is 5.28. The van der Waals surface area contributed by atoms with Crippen LogP contribution >= 0.6 is 0 Å². The number of aryl methyl sites for hydroxylation is 1. The van der Waals surface area contributed by atoms with Gasteiger partial charge in [-0.05, 0) is 25.1 Å². The molecule has 1 N–H and O–H groups in total. The molecule has 11 heteroatoms. The molecule has 2 rings (SSSR count). The highest BCUT2D eigenvalue weighted by Gasteiger charge is 2.24. The molecule has 0 aliphatic carbocycles. The van der Waals surface area contributed by atoms with Gasteiger partial charge in [-0.1, -0.05) is 12.1 Å². The second-order valence-electron chi connectivity index (χ2n) is 5.28. The van der Waals surface area contributed by atoms with E-state index in [1.165, 1.54) is 25.1 Å². The minimum absolute atomic E-state index is 0.0781. The Bertz CT molecular complexity index is 946. The van der Waals surface area contributed by atoms with E-state index in [2.05, 4.69) is 5.32 Å². The molecule has 2 aromatic rings. The number of esters is 1. The van der Waals surface area contributed by atoms with E-state index in [-0.39, 0.29) is 16.8 Å². The topological polar surface area (TPSA) is 142 Å². The molecule has 0 aliphatic heterocycles. The number of halogens is 1. The zero-order valence-electron chi connectivity index (χ0n) is 13.8. The molecule has 0 unspecified atom stereocenters. The van der Waals surface area contributed by atoms with Gasteiger partial charge in [-0.25, -0.2) is 4.79 Å². The molecule has 0 bridgehead atoms. The predicted molar refractivity (Wildman–Crippen MR) is 89.8 cm³/mol. The molecule has 0 spiro atoms. The van der Waals surface area contributed by atoms with E-state index in [9.17, 15) is 34.2 Å². The van der Waals surface area contributed by atoms with Gasteiger partial charge < -0.3 is 10.1 Å². The number of amides is 1. The van der Waals surface area contributed by atoms with E-state index in [0.717, 1.165) is 18.2 Å². The van der Waals surface area contributed by atoms with Crippen molar-refractivity contribution in [1.29, 1.82) is 0 Å². The van der Waals surface area contributed by atoms with Gasteiger partial charge in [-0.2, -0.15) is 4.39 Å². The molecule has 0 aliphatic rings. The number of carbonyl (C=O) groups is 2. The lowest BCUT2D eigenvalue weighted by Gasteiger charge is -2.08. The first-order chi connectivity index (χ1) is 12.7. The fourth-order valence-corrected chi connectivity index (χ4v) is 2.20. The Kier molecular flexibility index (Phi) is 5.75. The van der Waals surface area contributed by atoms with E-state index in [1.54, 1.807) is 0 Å². The number of rotatable bonds is 6. The molecule has 0 aromatic heterocycles. The van der Waals surface area contributed by atoms with Crippen LogP contribution in [-0.2, 0) is 9.53 Å². The highest BCUT2D eigenvalue weighted by Crippen LogP contribution is 2.24. The van der Waals surface area contributed by atoms with Crippen LogP contribution in [0.2, 0.25) is 0 Å². The van der Waals surface area contributed by atoms with Gasteiger partial charge in [0.15, 0.2) is 6.61 Å². The summed E-state index contributed by atoms with van der Waals surface area (Å²) >= 11 is 0. The molecular weight excluding hydrogens is 365 g/mol. The molecule has 0 atom stereocenters. The SMILES string of the molecule is Cc1cccc(C(=O)OCC(=O)Nc2ccc(F)c([N+](=O)[O-])c2)c1[N+](=O)[O-]. The molecular formula is C16H12FN3O7. The van der Waals surface area contributed by atoms with Crippen LogP contribution in [0.25, 0.3) is 0 Å². The molecule has 0 saturated heterocycles. The zero-order valence-corrected chi connectivity index (χ0v) is 13.8. The fourth-order valence-electron chi connectivity index (χ4n) is 2.20. The minimum Gasteiger partial charge on any atom is -0.452 e. The Morgan fingerprint density at radius 2 is 1.85 bits per heavy atom. The third kappa shape index (κ3) is 4.60. The van der Waals surface area contributed by atoms with Crippen molar-refractivity contribution in [2.45, 2.75) is 6.92 Å². The summed E-state index contributed by atoms with van der Waals surface area (Å²) in [5.41, 5.74) is -1.41. The van der Waals surface area contributed by atoms with Crippen LogP contribution in [0.1, 0.15) is 15.9 Å². The number of nitrogens with one attached hydrogen (secondary N) is 1. The highest BCUT2D eigenvalue weighted by atomic mass is 19.1. The van der Waals surface area contributed by atoms with Crippen LogP contribution in [0.3, 0.4) is 0 Å². The Labute approximate surface area is 150 Å². The maximum absolute atomic E-state index is 13.3. The van der Waals surface area contributed by atoms with Crippen LogP contribution in [0.5, 0.6) is 0 Å². The van der Waals surface area contributed by atoms with Crippen LogP contribution in [0.15, 0.2) is 36.4 Å². The van der Waals surface area contributed by atoms with E-state index in [0.29, 0.717) is 0 Å². The number of hydrogen-bond donors (Lipinski definition) is 1. The van der Waals surface area contributed by atoms with Crippen molar-refractivity contribution >= 4 is 28.9 Å². The number of carbonyl (C=O) groups excluding carboxylic acids is 2. The molecule has 1 amide bonds. The largest absolute Gasteiger partial charge is 0.452 e. The number of benzene rings is 2. The molecule has 0 heterocycles. The molecule has 0 fully saturated rings. The summed E-state index contributed by atoms with van der Waals surface area (Å²) in [7, 11) is 0. The van der Waals surface area contributed by atoms with Crippen molar-refractivity contribution < 1.29 is 28.6 Å². The third-order valence-corrected chi connectivity index (χ3v) is 3.40. The van der Waals surface area contributed by atoms with Gasteiger partial charge in [-0.15, -0.1) is 0 Å². The van der Waals surface area contributed by atoms with Crippen molar-refractivity contribution in [1.82, 2.24) is 0 Å². The van der Waals surface area contributed by atoms with Crippen molar-refractivity contribution in [3.63, 3.8) is 0 Å². The maximum Gasteiger partial charge on any atom is 0.345 e. The van der Waals surface area contributed by atoms with Crippen molar-refractivity contribution in [3.05, 3.63) is 73.6 Å². The molecule has 10 nitrogen and oxygen atoms in total. The van der Waals surface area contributed by atoms with Crippen molar-refractivity contribution in [2.75, 3.05) is 11.9 Å². The summed E-state index contributed by atoms with van der Waals surface area (Å²) in [5.74, 6) is -3.01. The normalized spacial score (nSPS) is 10.1. The molecule has 0 radical (unpaired) electrons. The Hall–Kier alpha value is -3.89. The second kappa shape index (κ2) is 7.99. The average molecular weight is 377 g/mol. The minimum atomic E-state index is -1.08. The summed E-state index contributed by atoms with van der Waals surface area (Å²) in [5, 5.41) is 23.9. The summed E-state index contributed by atoms with van der Waals surface area (Å²) < 4.78 is 18.0. The number of anilines is 1. The van der Waals surface area contributed by atoms with Crippen molar-refractivity contribution in [3.8, 4) is 0 Å². The third-order valence-electron chi connectivity index (χ3n) is 3.40. The first kappa shape index (κ1) is 19.4. The van der Waals surface area contributed by atoms with Gasteiger partial charge in [0.1, 0.15) is 5.56 Å². The quantitative estimate of drug-likeness (QED) is 0.463. The van der Waals surface area contributed by atoms with Gasteiger partial charge >= 0.3 is 11.7 Å². The lowest BCUT2D eigenvalue weighted by molar-refractivity contribution is -0.387. The first-order valence-electron chi connectivity index (χ1n) is 7.35. The van der Waals surface area contributed by atoms with Gasteiger partial charge in [0.2, 0.25) is 5.82 Å². The Morgan fingerprint density at radius 3 is 2.48 bits per heavy atom. The summed E-state index contributed by atoms with van der Waals surface area (Å²) in [4.78, 5) is 43.9. The summed E-state index contributed by atoms with van der Waals surface area (Å²) in [6, 6.07) is 6.76. The van der Waals surface area contributed by atoms with Gasteiger partial charge in [-0.3, -0.25) is 25.0 Å². The summed E-state index contributed by atoms with van der Waals surface area (Å²) in [6.07, 6.45) is 0. The highest BCUT2D eigenvalue weighted by molar-refractivity contribution is 5.98. The van der Waals surface area contributed by atoms with E-state index in [4.69, 9.17) is 4.74 Å². The monoisotopic (exact) mass is 377 g/mol. The fraction of sp³-hybridized carbons (Fsp3) is 0.125. The Balaban J connectivity index is 2.05. The smallest absolute Gasteiger partial charge is 0.345 e. The van der Waals surface area contributed by atoms with Gasteiger partial charge in [0.25, 0.3) is 11.6 Å². The van der Waals surface area contributed by atoms with E-state index >= 15 is 0 Å². The zero-order chi connectivity index (χ0) is 20.1.